The van der Waals surface area contributed by atoms with Gasteiger partial charge in [-0.05, 0) is 55.8 Å². The highest BCUT2D eigenvalue weighted by atomic mass is 19.1. The van der Waals surface area contributed by atoms with Gasteiger partial charge in [0.1, 0.15) is 11.5 Å². The minimum absolute atomic E-state index is 0.0696. The highest BCUT2D eigenvalue weighted by Crippen LogP contribution is 2.24. The Kier molecular flexibility index (Phi) is 6.75. The Morgan fingerprint density at radius 1 is 1.10 bits per heavy atom. The van der Waals surface area contributed by atoms with Crippen LogP contribution in [0.4, 0.5) is 4.39 Å². The molecule has 1 N–H and O–H groups in total. The molecule has 0 spiro atoms. The van der Waals surface area contributed by atoms with E-state index in [0.29, 0.717) is 22.6 Å². The third-order valence-corrected chi connectivity index (χ3v) is 4.25. The summed E-state index contributed by atoms with van der Waals surface area (Å²) >= 11 is 0. The minimum Gasteiger partial charge on any atom is -0.481 e. The number of carbonyl (C=O) groups is 2. The van der Waals surface area contributed by atoms with E-state index in [4.69, 9.17) is 9.47 Å². The van der Waals surface area contributed by atoms with Crippen molar-refractivity contribution in [3.05, 3.63) is 83.9 Å². The summed E-state index contributed by atoms with van der Waals surface area (Å²) in [5, 5.41) is 2.70. The topological polar surface area (TPSA) is 77.5 Å². The van der Waals surface area contributed by atoms with Gasteiger partial charge < -0.3 is 14.8 Å². The Hall–Kier alpha value is -3.74. The summed E-state index contributed by atoms with van der Waals surface area (Å²) in [5.41, 5.74) is 1.08. The number of nitrogens with zero attached hydrogens (tertiary/aromatic N) is 1. The molecule has 6 nitrogen and oxygen atoms in total. The summed E-state index contributed by atoms with van der Waals surface area (Å²) in [4.78, 5) is 27.7. The normalized spacial score (nSPS) is 11.4. The minimum atomic E-state index is -0.787. The van der Waals surface area contributed by atoms with Crippen molar-refractivity contribution in [2.75, 3.05) is 0 Å². The predicted molar refractivity (Wildman–Crippen MR) is 109 cm³/mol. The fourth-order valence-electron chi connectivity index (χ4n) is 2.65. The van der Waals surface area contributed by atoms with Gasteiger partial charge in [0.2, 0.25) is 0 Å². The third kappa shape index (κ3) is 5.64. The Balaban J connectivity index is 1.55. The number of hydrogen-bond acceptors (Lipinski definition) is 5. The maximum Gasteiger partial charge on any atom is 0.261 e. The molecule has 0 saturated heterocycles. The van der Waals surface area contributed by atoms with E-state index in [1.54, 1.807) is 55.6 Å². The van der Waals surface area contributed by atoms with Crippen LogP contribution in [0.1, 0.15) is 29.8 Å². The number of Topliss-reactive ketones (excluding diaryl/α,β-unsaturated/α-hetero) is 1. The number of benzene rings is 2. The summed E-state index contributed by atoms with van der Waals surface area (Å²) < 4.78 is 25.4. The summed E-state index contributed by atoms with van der Waals surface area (Å²) in [6, 6.07) is 14.5. The first kappa shape index (κ1) is 21.0. The standard InChI is InChI=1S/C23H21FN2O4/c1-15(27)18-5-3-6-19(12-18)29-16(2)23(28)26-13-17-8-9-22(21(24)11-17)30-20-7-4-10-25-14-20/h3-12,14,16H,13H2,1-2H3,(H,26,28). The fraction of sp³-hybridized carbons (Fsp3) is 0.174. The van der Waals surface area contributed by atoms with E-state index in [1.165, 1.54) is 25.3 Å². The molecule has 3 rings (SSSR count). The van der Waals surface area contributed by atoms with Crippen molar-refractivity contribution in [1.82, 2.24) is 10.3 Å². The van der Waals surface area contributed by atoms with E-state index in [2.05, 4.69) is 10.3 Å². The van der Waals surface area contributed by atoms with Gasteiger partial charge in [0, 0.05) is 18.3 Å². The zero-order valence-electron chi connectivity index (χ0n) is 16.6. The van der Waals surface area contributed by atoms with Crippen LogP contribution >= 0.6 is 0 Å². The molecule has 3 aromatic rings. The maximum atomic E-state index is 14.3. The lowest BCUT2D eigenvalue weighted by molar-refractivity contribution is -0.127. The molecule has 0 aliphatic rings. The van der Waals surface area contributed by atoms with Gasteiger partial charge in [-0.1, -0.05) is 18.2 Å². The first-order valence-corrected chi connectivity index (χ1v) is 9.34. The second-order valence-electron chi connectivity index (χ2n) is 6.62. The molecule has 0 aliphatic carbocycles. The zero-order valence-corrected chi connectivity index (χ0v) is 16.6. The highest BCUT2D eigenvalue weighted by Gasteiger charge is 2.15. The Labute approximate surface area is 173 Å². The van der Waals surface area contributed by atoms with E-state index in [-0.39, 0.29) is 24.0 Å². The maximum absolute atomic E-state index is 14.3. The van der Waals surface area contributed by atoms with E-state index >= 15 is 0 Å². The molecular formula is C23H21FN2O4. The van der Waals surface area contributed by atoms with E-state index < -0.39 is 11.9 Å². The van der Waals surface area contributed by atoms with Gasteiger partial charge in [-0.2, -0.15) is 0 Å². The molecule has 0 aliphatic heterocycles. The second kappa shape index (κ2) is 9.65. The predicted octanol–water partition coefficient (Wildman–Crippen LogP) is 4.30. The zero-order chi connectivity index (χ0) is 21.5. The van der Waals surface area contributed by atoms with Crippen molar-refractivity contribution in [2.24, 2.45) is 0 Å². The molecule has 1 unspecified atom stereocenters. The smallest absolute Gasteiger partial charge is 0.261 e. The average Bonchev–Trinajstić information content (AvgIpc) is 2.74. The van der Waals surface area contributed by atoms with Crippen LogP contribution < -0.4 is 14.8 Å². The van der Waals surface area contributed by atoms with E-state index in [0.717, 1.165) is 0 Å². The molecule has 0 fully saturated rings. The summed E-state index contributed by atoms with van der Waals surface area (Å²) in [6.07, 6.45) is 2.30. The molecule has 30 heavy (non-hydrogen) atoms. The molecule has 1 heterocycles. The Morgan fingerprint density at radius 3 is 2.60 bits per heavy atom. The van der Waals surface area contributed by atoms with Gasteiger partial charge in [-0.25, -0.2) is 4.39 Å². The Morgan fingerprint density at radius 2 is 1.90 bits per heavy atom. The number of aromatic nitrogens is 1. The van der Waals surface area contributed by atoms with Gasteiger partial charge in [-0.3, -0.25) is 14.6 Å². The quantitative estimate of drug-likeness (QED) is 0.563. The van der Waals surface area contributed by atoms with Gasteiger partial charge >= 0.3 is 0 Å². The largest absolute Gasteiger partial charge is 0.481 e. The number of carbonyl (C=O) groups excluding carboxylic acids is 2. The number of nitrogens with one attached hydrogen (secondary N) is 1. The molecular weight excluding hydrogens is 387 g/mol. The van der Waals surface area contributed by atoms with Gasteiger partial charge in [0.15, 0.2) is 23.5 Å². The number of pyridine rings is 1. The van der Waals surface area contributed by atoms with Crippen LogP contribution in [0.5, 0.6) is 17.2 Å². The van der Waals surface area contributed by atoms with E-state index in [9.17, 15) is 14.0 Å². The van der Waals surface area contributed by atoms with Crippen molar-refractivity contribution in [3.63, 3.8) is 0 Å². The molecule has 1 aromatic heterocycles. The van der Waals surface area contributed by atoms with Crippen molar-refractivity contribution in [2.45, 2.75) is 26.5 Å². The summed E-state index contributed by atoms with van der Waals surface area (Å²) in [6.45, 7) is 3.19. The van der Waals surface area contributed by atoms with Crippen LogP contribution in [0.25, 0.3) is 0 Å². The van der Waals surface area contributed by atoms with Crippen LogP contribution in [0.2, 0.25) is 0 Å². The Bertz CT molecular complexity index is 1040. The number of rotatable bonds is 8. The van der Waals surface area contributed by atoms with Gasteiger partial charge in [-0.15, -0.1) is 0 Å². The van der Waals surface area contributed by atoms with Crippen LogP contribution in [0.15, 0.2) is 67.0 Å². The first-order valence-electron chi connectivity index (χ1n) is 9.34. The van der Waals surface area contributed by atoms with Crippen molar-refractivity contribution < 1.29 is 23.5 Å². The van der Waals surface area contributed by atoms with Crippen LogP contribution in [-0.4, -0.2) is 22.8 Å². The average molecular weight is 408 g/mol. The molecule has 1 atom stereocenters. The number of hydrogen-bond donors (Lipinski definition) is 1. The third-order valence-electron chi connectivity index (χ3n) is 4.25. The van der Waals surface area contributed by atoms with Crippen molar-refractivity contribution >= 4 is 11.7 Å². The molecule has 7 heteroatoms. The van der Waals surface area contributed by atoms with Crippen LogP contribution in [0.3, 0.4) is 0 Å². The lowest BCUT2D eigenvalue weighted by Crippen LogP contribution is -2.35. The lowest BCUT2D eigenvalue weighted by atomic mass is 10.1. The first-order chi connectivity index (χ1) is 14.4. The molecule has 0 radical (unpaired) electrons. The monoisotopic (exact) mass is 408 g/mol. The fourth-order valence-corrected chi connectivity index (χ4v) is 2.65. The van der Waals surface area contributed by atoms with Crippen LogP contribution in [0, 0.1) is 5.82 Å². The summed E-state index contributed by atoms with van der Waals surface area (Å²) in [7, 11) is 0. The second-order valence-corrected chi connectivity index (χ2v) is 6.62. The lowest BCUT2D eigenvalue weighted by Gasteiger charge is -2.15. The molecule has 1 amide bonds. The number of ketones is 1. The summed E-state index contributed by atoms with van der Waals surface area (Å²) in [5.74, 6) is -0.0727. The van der Waals surface area contributed by atoms with Crippen molar-refractivity contribution in [1.29, 1.82) is 0 Å². The van der Waals surface area contributed by atoms with Crippen molar-refractivity contribution in [3.8, 4) is 17.2 Å². The number of amides is 1. The molecule has 0 bridgehead atoms. The number of halogens is 1. The van der Waals surface area contributed by atoms with Gasteiger partial charge in [0.05, 0.1) is 6.20 Å². The highest BCUT2D eigenvalue weighted by molar-refractivity contribution is 5.94. The van der Waals surface area contributed by atoms with Crippen LogP contribution in [-0.2, 0) is 11.3 Å². The molecule has 2 aromatic carbocycles. The van der Waals surface area contributed by atoms with Gasteiger partial charge in [0.25, 0.3) is 5.91 Å². The van der Waals surface area contributed by atoms with E-state index in [1.807, 2.05) is 0 Å². The molecule has 0 saturated carbocycles. The molecule has 154 valence electrons. The number of ether oxygens (including phenoxy) is 2. The SMILES string of the molecule is CC(=O)c1cccc(OC(C)C(=O)NCc2ccc(Oc3cccnc3)c(F)c2)c1.